The standard InChI is InChI=1S/C12H16ClNOS/c1-9(7-13)8-16-12-5-3-11(4-6-12)14-10(2)15/h3-6,9H,7-8H2,1-2H3,(H,14,15). The number of alkyl halides is 1. The van der Waals surface area contributed by atoms with Gasteiger partial charge in [-0.2, -0.15) is 0 Å². The first-order chi connectivity index (χ1) is 7.61. The van der Waals surface area contributed by atoms with Gasteiger partial charge in [0.05, 0.1) is 0 Å². The summed E-state index contributed by atoms with van der Waals surface area (Å²) in [5.41, 5.74) is 0.835. The first-order valence-corrected chi connectivity index (χ1v) is 6.70. The lowest BCUT2D eigenvalue weighted by molar-refractivity contribution is -0.114. The Morgan fingerprint density at radius 1 is 1.44 bits per heavy atom. The lowest BCUT2D eigenvalue weighted by Crippen LogP contribution is -2.05. The van der Waals surface area contributed by atoms with Crippen molar-refractivity contribution in [2.24, 2.45) is 5.92 Å². The molecule has 1 aromatic carbocycles. The van der Waals surface area contributed by atoms with Crippen LogP contribution in [0.5, 0.6) is 0 Å². The number of halogens is 1. The molecular formula is C12H16ClNOS. The average Bonchev–Trinajstić information content (AvgIpc) is 2.27. The van der Waals surface area contributed by atoms with E-state index in [9.17, 15) is 4.79 Å². The van der Waals surface area contributed by atoms with Crippen LogP contribution in [0.4, 0.5) is 5.69 Å². The van der Waals surface area contributed by atoms with Gasteiger partial charge in [0.15, 0.2) is 0 Å². The SMILES string of the molecule is CC(=O)Nc1ccc(SCC(C)CCl)cc1. The molecule has 1 N–H and O–H groups in total. The lowest BCUT2D eigenvalue weighted by atomic mass is 10.3. The van der Waals surface area contributed by atoms with Crippen LogP contribution in [0, 0.1) is 5.92 Å². The summed E-state index contributed by atoms with van der Waals surface area (Å²) in [4.78, 5) is 12.0. The third-order valence-electron chi connectivity index (χ3n) is 1.97. The van der Waals surface area contributed by atoms with Gasteiger partial charge in [0.25, 0.3) is 0 Å². The highest BCUT2D eigenvalue weighted by atomic mass is 35.5. The Balaban J connectivity index is 2.48. The molecule has 1 unspecified atom stereocenters. The van der Waals surface area contributed by atoms with Crippen molar-refractivity contribution < 1.29 is 4.79 Å². The van der Waals surface area contributed by atoms with Crippen LogP contribution >= 0.6 is 23.4 Å². The maximum absolute atomic E-state index is 10.8. The topological polar surface area (TPSA) is 29.1 Å². The molecule has 0 bridgehead atoms. The van der Waals surface area contributed by atoms with Crippen LogP contribution in [-0.4, -0.2) is 17.5 Å². The molecule has 0 aromatic heterocycles. The number of rotatable bonds is 5. The fourth-order valence-electron chi connectivity index (χ4n) is 1.12. The Hall–Kier alpha value is -0.670. The van der Waals surface area contributed by atoms with Gasteiger partial charge in [-0.1, -0.05) is 6.92 Å². The second-order valence-electron chi connectivity index (χ2n) is 3.78. The first-order valence-electron chi connectivity index (χ1n) is 5.18. The van der Waals surface area contributed by atoms with Crippen molar-refractivity contribution in [1.29, 1.82) is 0 Å². The van der Waals surface area contributed by atoms with Gasteiger partial charge in [-0.05, 0) is 30.2 Å². The zero-order valence-electron chi connectivity index (χ0n) is 9.50. The summed E-state index contributed by atoms with van der Waals surface area (Å²) < 4.78 is 0. The predicted molar refractivity (Wildman–Crippen MR) is 71.4 cm³/mol. The summed E-state index contributed by atoms with van der Waals surface area (Å²) >= 11 is 7.52. The van der Waals surface area contributed by atoms with Crippen LogP contribution in [0.1, 0.15) is 13.8 Å². The van der Waals surface area contributed by atoms with Gasteiger partial charge in [-0.25, -0.2) is 0 Å². The third-order valence-corrected chi connectivity index (χ3v) is 3.84. The number of amides is 1. The van der Waals surface area contributed by atoms with E-state index < -0.39 is 0 Å². The van der Waals surface area contributed by atoms with Gasteiger partial charge in [-0.15, -0.1) is 23.4 Å². The number of hydrogen-bond donors (Lipinski definition) is 1. The number of anilines is 1. The van der Waals surface area contributed by atoms with Crippen molar-refractivity contribution in [1.82, 2.24) is 0 Å². The third kappa shape index (κ3) is 4.90. The molecule has 0 aliphatic rings. The summed E-state index contributed by atoms with van der Waals surface area (Å²) in [6.45, 7) is 3.64. The van der Waals surface area contributed by atoms with Gasteiger partial charge in [0.1, 0.15) is 0 Å². The molecule has 16 heavy (non-hydrogen) atoms. The Morgan fingerprint density at radius 2 is 2.06 bits per heavy atom. The predicted octanol–water partition coefficient (Wildman–Crippen LogP) is 3.61. The maximum Gasteiger partial charge on any atom is 0.221 e. The minimum Gasteiger partial charge on any atom is -0.326 e. The molecule has 0 aliphatic carbocycles. The van der Waals surface area contributed by atoms with Gasteiger partial charge in [0.2, 0.25) is 5.91 Å². The van der Waals surface area contributed by atoms with Crippen LogP contribution in [0.25, 0.3) is 0 Å². The van der Waals surface area contributed by atoms with Crippen molar-refractivity contribution >= 4 is 35.0 Å². The van der Waals surface area contributed by atoms with Gasteiger partial charge in [0, 0.05) is 29.1 Å². The molecule has 0 saturated heterocycles. The fraction of sp³-hybridized carbons (Fsp3) is 0.417. The normalized spacial score (nSPS) is 12.2. The first kappa shape index (κ1) is 13.4. The Labute approximate surface area is 106 Å². The number of nitrogens with one attached hydrogen (secondary N) is 1. The molecule has 0 spiro atoms. The summed E-state index contributed by atoms with van der Waals surface area (Å²) in [6.07, 6.45) is 0. The highest BCUT2D eigenvalue weighted by Gasteiger charge is 2.02. The van der Waals surface area contributed by atoms with E-state index in [4.69, 9.17) is 11.6 Å². The van der Waals surface area contributed by atoms with Crippen molar-refractivity contribution in [2.75, 3.05) is 16.9 Å². The molecule has 1 aromatic rings. The molecule has 1 rings (SSSR count). The van der Waals surface area contributed by atoms with Crippen LogP contribution in [0.3, 0.4) is 0 Å². The summed E-state index contributed by atoms with van der Waals surface area (Å²) in [5.74, 6) is 2.18. The molecule has 0 fully saturated rings. The van der Waals surface area contributed by atoms with Crippen molar-refractivity contribution in [3.8, 4) is 0 Å². The number of hydrogen-bond acceptors (Lipinski definition) is 2. The van der Waals surface area contributed by atoms with Gasteiger partial charge < -0.3 is 5.32 Å². The molecule has 0 aliphatic heterocycles. The minimum absolute atomic E-state index is 0.0452. The number of carbonyl (C=O) groups excluding carboxylic acids is 1. The van der Waals surface area contributed by atoms with E-state index in [0.717, 1.165) is 11.4 Å². The number of thioether (sulfide) groups is 1. The summed E-state index contributed by atoms with van der Waals surface area (Å²) in [5, 5.41) is 2.74. The zero-order valence-corrected chi connectivity index (χ0v) is 11.1. The molecule has 0 saturated carbocycles. The van der Waals surface area contributed by atoms with Crippen LogP contribution in [0.15, 0.2) is 29.2 Å². The average molecular weight is 258 g/mol. The molecule has 1 atom stereocenters. The molecule has 0 heterocycles. The van der Waals surface area contributed by atoms with E-state index in [0.29, 0.717) is 11.8 Å². The Bertz CT molecular complexity index is 339. The highest BCUT2D eigenvalue weighted by molar-refractivity contribution is 7.99. The second kappa shape index (κ2) is 6.81. The monoisotopic (exact) mass is 257 g/mol. The van der Waals surface area contributed by atoms with E-state index in [-0.39, 0.29) is 5.91 Å². The van der Waals surface area contributed by atoms with Crippen LogP contribution in [0.2, 0.25) is 0 Å². The second-order valence-corrected chi connectivity index (χ2v) is 5.18. The molecule has 2 nitrogen and oxygen atoms in total. The van der Waals surface area contributed by atoms with Crippen molar-refractivity contribution in [3.63, 3.8) is 0 Å². The Kier molecular flexibility index (Phi) is 5.71. The molecular weight excluding hydrogens is 242 g/mol. The largest absolute Gasteiger partial charge is 0.326 e. The van der Waals surface area contributed by atoms with Crippen LogP contribution < -0.4 is 5.32 Å². The summed E-state index contributed by atoms with van der Waals surface area (Å²) in [7, 11) is 0. The zero-order chi connectivity index (χ0) is 12.0. The van der Waals surface area contributed by atoms with Crippen molar-refractivity contribution in [2.45, 2.75) is 18.7 Å². The van der Waals surface area contributed by atoms with E-state index >= 15 is 0 Å². The van der Waals surface area contributed by atoms with Crippen molar-refractivity contribution in [3.05, 3.63) is 24.3 Å². The lowest BCUT2D eigenvalue weighted by Gasteiger charge is -2.07. The minimum atomic E-state index is -0.0452. The summed E-state index contributed by atoms with van der Waals surface area (Å²) in [6, 6.07) is 7.85. The number of carbonyl (C=O) groups is 1. The smallest absolute Gasteiger partial charge is 0.221 e. The molecule has 1 amide bonds. The van der Waals surface area contributed by atoms with Crippen LogP contribution in [-0.2, 0) is 4.79 Å². The quantitative estimate of drug-likeness (QED) is 0.645. The van der Waals surface area contributed by atoms with Gasteiger partial charge >= 0.3 is 0 Å². The van der Waals surface area contributed by atoms with E-state index in [1.54, 1.807) is 11.8 Å². The van der Waals surface area contributed by atoms with E-state index in [1.807, 2.05) is 24.3 Å². The van der Waals surface area contributed by atoms with Gasteiger partial charge in [-0.3, -0.25) is 4.79 Å². The maximum atomic E-state index is 10.8. The molecule has 88 valence electrons. The fourth-order valence-corrected chi connectivity index (χ4v) is 2.28. The van der Waals surface area contributed by atoms with E-state index in [2.05, 4.69) is 12.2 Å². The molecule has 0 radical (unpaired) electrons. The number of benzene rings is 1. The van der Waals surface area contributed by atoms with E-state index in [1.165, 1.54) is 11.8 Å². The highest BCUT2D eigenvalue weighted by Crippen LogP contribution is 2.22. The Morgan fingerprint density at radius 3 is 2.56 bits per heavy atom. The molecule has 4 heteroatoms.